The monoisotopic (exact) mass is 157 g/mol. The lowest BCUT2D eigenvalue weighted by molar-refractivity contribution is 0.945. The minimum absolute atomic E-state index is 0.229. The SMILES string of the molecule is [B](c1ccccc1)C1N=NN=N1. The van der Waals surface area contributed by atoms with Gasteiger partial charge < -0.3 is 0 Å². The molecule has 0 bridgehead atoms. The van der Waals surface area contributed by atoms with Gasteiger partial charge in [-0.2, -0.15) is 0 Å². The Morgan fingerprint density at radius 1 is 1.00 bits per heavy atom. The van der Waals surface area contributed by atoms with Crippen molar-refractivity contribution in [1.29, 1.82) is 0 Å². The summed E-state index contributed by atoms with van der Waals surface area (Å²) in [7, 11) is 1.90. The van der Waals surface area contributed by atoms with Crippen LogP contribution in [-0.4, -0.2) is 13.3 Å². The lowest BCUT2D eigenvalue weighted by atomic mass is 9.67. The maximum Gasteiger partial charge on any atom is 0.219 e. The van der Waals surface area contributed by atoms with E-state index in [2.05, 4.69) is 20.7 Å². The summed E-state index contributed by atoms with van der Waals surface area (Å²) in [6.45, 7) is 0. The Morgan fingerprint density at radius 2 is 1.67 bits per heavy atom. The third-order valence-electron chi connectivity index (χ3n) is 1.52. The molecule has 5 heteroatoms. The van der Waals surface area contributed by atoms with Gasteiger partial charge in [-0.25, -0.2) is 0 Å². The number of benzene rings is 1. The van der Waals surface area contributed by atoms with Gasteiger partial charge >= 0.3 is 0 Å². The molecule has 4 nitrogen and oxygen atoms in total. The average molecular weight is 157 g/mol. The molecule has 1 heterocycles. The van der Waals surface area contributed by atoms with Crippen LogP contribution in [0.5, 0.6) is 0 Å². The van der Waals surface area contributed by atoms with Gasteiger partial charge in [0.25, 0.3) is 0 Å². The fourth-order valence-corrected chi connectivity index (χ4v) is 0.978. The van der Waals surface area contributed by atoms with E-state index in [1.165, 1.54) is 0 Å². The molecule has 0 amide bonds. The highest BCUT2D eigenvalue weighted by Gasteiger charge is 2.11. The first-order valence-corrected chi connectivity index (χ1v) is 3.65. The predicted molar refractivity (Wildman–Crippen MR) is 45.3 cm³/mol. The number of hydrogen-bond acceptors (Lipinski definition) is 4. The minimum atomic E-state index is -0.229. The topological polar surface area (TPSA) is 49.4 Å². The molecule has 0 N–H and O–H groups in total. The summed E-state index contributed by atoms with van der Waals surface area (Å²) in [6, 6.07) is 9.65. The van der Waals surface area contributed by atoms with E-state index in [-0.39, 0.29) is 6.07 Å². The van der Waals surface area contributed by atoms with Crippen molar-refractivity contribution in [3.05, 3.63) is 30.3 Å². The van der Waals surface area contributed by atoms with E-state index in [0.717, 1.165) is 5.46 Å². The highest BCUT2D eigenvalue weighted by atomic mass is 15.5. The second-order valence-electron chi connectivity index (χ2n) is 2.40. The molecule has 1 aromatic carbocycles. The second kappa shape index (κ2) is 3.25. The molecule has 0 unspecified atom stereocenters. The van der Waals surface area contributed by atoms with Gasteiger partial charge in [-0.3, -0.25) is 0 Å². The van der Waals surface area contributed by atoms with Crippen molar-refractivity contribution >= 4 is 12.7 Å². The summed E-state index contributed by atoms with van der Waals surface area (Å²) < 4.78 is 0. The van der Waals surface area contributed by atoms with Gasteiger partial charge in [-0.15, -0.1) is 10.2 Å². The molecule has 0 atom stereocenters. The van der Waals surface area contributed by atoms with Crippen LogP contribution in [0.2, 0.25) is 0 Å². The molecule has 0 spiro atoms. The van der Waals surface area contributed by atoms with E-state index < -0.39 is 0 Å². The van der Waals surface area contributed by atoms with E-state index in [4.69, 9.17) is 0 Å². The van der Waals surface area contributed by atoms with Crippen LogP contribution in [0, 0.1) is 0 Å². The number of rotatable bonds is 2. The summed E-state index contributed by atoms with van der Waals surface area (Å²) in [5.74, 6) is 0. The van der Waals surface area contributed by atoms with Crippen molar-refractivity contribution in [3.8, 4) is 0 Å². The van der Waals surface area contributed by atoms with Gasteiger partial charge in [0.2, 0.25) is 7.28 Å². The third kappa shape index (κ3) is 1.55. The molecule has 2 rings (SSSR count). The molecule has 0 saturated carbocycles. The molecule has 12 heavy (non-hydrogen) atoms. The molecule has 0 aliphatic carbocycles. The zero-order valence-corrected chi connectivity index (χ0v) is 6.33. The quantitative estimate of drug-likeness (QED) is 0.577. The first-order valence-electron chi connectivity index (χ1n) is 3.65. The molecule has 1 aliphatic rings. The number of hydrogen-bond donors (Lipinski definition) is 0. The molecule has 0 aromatic heterocycles. The summed E-state index contributed by atoms with van der Waals surface area (Å²) in [5.41, 5.74) is 1.09. The van der Waals surface area contributed by atoms with Crippen LogP contribution >= 0.6 is 0 Å². The van der Waals surface area contributed by atoms with E-state index in [9.17, 15) is 0 Å². The molecular formula is C7H6BN4. The van der Waals surface area contributed by atoms with E-state index in [1.54, 1.807) is 0 Å². The zero-order chi connectivity index (χ0) is 8.23. The van der Waals surface area contributed by atoms with Crippen molar-refractivity contribution in [3.63, 3.8) is 0 Å². The predicted octanol–water partition coefficient (Wildman–Crippen LogP) is 1.13. The summed E-state index contributed by atoms with van der Waals surface area (Å²) >= 11 is 0. The smallest absolute Gasteiger partial charge is 0.148 e. The van der Waals surface area contributed by atoms with Gasteiger partial charge in [-0.1, -0.05) is 35.8 Å². The fraction of sp³-hybridized carbons (Fsp3) is 0.143. The maximum absolute atomic E-state index is 3.77. The Labute approximate surface area is 70.6 Å². The van der Waals surface area contributed by atoms with Gasteiger partial charge in [0.1, 0.15) is 0 Å². The van der Waals surface area contributed by atoms with Gasteiger partial charge in [0.05, 0.1) is 0 Å². The highest BCUT2D eigenvalue weighted by Crippen LogP contribution is 2.02. The van der Waals surface area contributed by atoms with Crippen molar-refractivity contribution in [1.82, 2.24) is 0 Å². The van der Waals surface area contributed by atoms with E-state index in [1.807, 2.05) is 37.6 Å². The Morgan fingerprint density at radius 3 is 2.33 bits per heavy atom. The van der Waals surface area contributed by atoms with Crippen molar-refractivity contribution in [2.45, 2.75) is 6.07 Å². The first kappa shape index (κ1) is 7.15. The molecule has 1 aromatic rings. The normalized spacial score (nSPS) is 15.3. The Balaban J connectivity index is 2.04. The fourth-order valence-electron chi connectivity index (χ4n) is 0.978. The van der Waals surface area contributed by atoms with Crippen LogP contribution in [0.1, 0.15) is 0 Å². The van der Waals surface area contributed by atoms with Crippen LogP contribution in [0.3, 0.4) is 0 Å². The Bertz CT molecular complexity index is 296. The Kier molecular flexibility index (Phi) is 1.94. The standard InChI is InChI=1S/C7H6BN4/c1-2-4-6(5-3-1)8-7-9-11-12-10-7/h1-5,7H. The van der Waals surface area contributed by atoms with Gasteiger partial charge in [0.15, 0.2) is 6.07 Å². The van der Waals surface area contributed by atoms with Crippen molar-refractivity contribution < 1.29 is 0 Å². The zero-order valence-electron chi connectivity index (χ0n) is 6.33. The van der Waals surface area contributed by atoms with Crippen LogP contribution < -0.4 is 5.46 Å². The van der Waals surface area contributed by atoms with Crippen LogP contribution in [0.15, 0.2) is 51.0 Å². The van der Waals surface area contributed by atoms with E-state index in [0.29, 0.717) is 0 Å². The molecular weight excluding hydrogens is 151 g/mol. The molecule has 57 valence electrons. The minimum Gasteiger partial charge on any atom is -0.148 e. The van der Waals surface area contributed by atoms with Crippen LogP contribution in [0.4, 0.5) is 0 Å². The third-order valence-corrected chi connectivity index (χ3v) is 1.52. The second-order valence-corrected chi connectivity index (χ2v) is 2.40. The van der Waals surface area contributed by atoms with Gasteiger partial charge in [0, 0.05) is 0 Å². The maximum atomic E-state index is 3.77. The molecule has 0 saturated heterocycles. The largest absolute Gasteiger partial charge is 0.219 e. The van der Waals surface area contributed by atoms with Crippen molar-refractivity contribution in [2.75, 3.05) is 0 Å². The average Bonchev–Trinajstić information content (AvgIpc) is 2.59. The lowest BCUT2D eigenvalue weighted by Gasteiger charge is -1.97. The van der Waals surface area contributed by atoms with Crippen molar-refractivity contribution in [2.24, 2.45) is 20.7 Å². The Hall–Kier alpha value is -1.52. The summed E-state index contributed by atoms with van der Waals surface area (Å²) in [5, 5.41) is 14.4. The summed E-state index contributed by atoms with van der Waals surface area (Å²) in [6.07, 6.45) is 0. The first-order chi connectivity index (χ1) is 5.95. The molecule has 1 radical (unpaired) electrons. The summed E-state index contributed by atoms with van der Waals surface area (Å²) in [4.78, 5) is 0. The van der Waals surface area contributed by atoms with Gasteiger partial charge in [-0.05, 0) is 10.4 Å². The molecule has 1 aliphatic heterocycles. The van der Waals surface area contributed by atoms with E-state index >= 15 is 0 Å². The van der Waals surface area contributed by atoms with Crippen LogP contribution in [-0.2, 0) is 0 Å². The highest BCUT2D eigenvalue weighted by molar-refractivity contribution is 6.55. The van der Waals surface area contributed by atoms with Crippen LogP contribution in [0.25, 0.3) is 0 Å². The number of nitrogens with zero attached hydrogens (tertiary/aromatic N) is 4. The molecule has 0 fully saturated rings. The lowest BCUT2D eigenvalue weighted by Crippen LogP contribution is -2.23.